The van der Waals surface area contributed by atoms with E-state index in [1.54, 1.807) is 16.7 Å². The Kier molecular flexibility index (Phi) is 6.90. The van der Waals surface area contributed by atoms with Crippen LogP contribution in [0.5, 0.6) is 5.75 Å². The predicted octanol–water partition coefficient (Wildman–Crippen LogP) is 2.90. The third-order valence-electron chi connectivity index (χ3n) is 2.79. The van der Waals surface area contributed by atoms with Gasteiger partial charge < -0.3 is 9.30 Å². The van der Waals surface area contributed by atoms with Crippen LogP contribution in [0, 0.1) is 6.07 Å². The van der Waals surface area contributed by atoms with E-state index in [-0.39, 0.29) is 38.3 Å². The van der Waals surface area contributed by atoms with Crippen molar-refractivity contribution in [1.29, 1.82) is 0 Å². The van der Waals surface area contributed by atoms with Gasteiger partial charge in [0, 0.05) is 39.3 Å². The van der Waals surface area contributed by atoms with Crippen LogP contribution in [0.25, 0.3) is 11.3 Å². The second kappa shape index (κ2) is 8.18. The van der Waals surface area contributed by atoms with Crippen LogP contribution < -0.4 is 10.3 Å². The van der Waals surface area contributed by atoms with Gasteiger partial charge >= 0.3 is 0 Å². The molecule has 0 spiro atoms. The van der Waals surface area contributed by atoms with E-state index >= 15 is 0 Å². The van der Waals surface area contributed by atoms with Crippen molar-refractivity contribution in [1.82, 2.24) is 4.57 Å². The van der Waals surface area contributed by atoms with Gasteiger partial charge in [0.15, 0.2) is 5.56 Å². The summed E-state index contributed by atoms with van der Waals surface area (Å²) in [7, 11) is 0. The van der Waals surface area contributed by atoms with E-state index in [1.807, 2.05) is 31.2 Å². The number of hydrogen-bond acceptors (Lipinski definition) is 2. The summed E-state index contributed by atoms with van der Waals surface area (Å²) < 4.78 is 7.12. The summed E-state index contributed by atoms with van der Waals surface area (Å²) in [6.45, 7) is 6.66. The fourth-order valence-electron chi connectivity index (χ4n) is 1.89. The summed E-state index contributed by atoms with van der Waals surface area (Å²) in [5.74, 6) is 0.782. The van der Waals surface area contributed by atoms with Gasteiger partial charge in [0.25, 0.3) is 0 Å². The molecule has 3 nitrogen and oxygen atoms in total. The van der Waals surface area contributed by atoms with E-state index in [9.17, 15) is 4.79 Å². The Morgan fingerprint density at radius 1 is 1.30 bits per heavy atom. The zero-order valence-corrected chi connectivity index (χ0v) is 14.3. The maximum atomic E-state index is 11.8. The molecule has 0 saturated carbocycles. The molecule has 0 unspecified atom stereocenters. The second-order valence-electron chi connectivity index (χ2n) is 4.03. The molecule has 0 bridgehead atoms. The Labute approximate surface area is 144 Å². The first kappa shape index (κ1) is 16.9. The monoisotopic (exact) mass is 343 g/mol. The van der Waals surface area contributed by atoms with E-state index < -0.39 is 0 Å². The number of hydrogen-bond donors (Lipinski definition) is 0. The third kappa shape index (κ3) is 3.91. The smallest absolute Gasteiger partial charge is 0.194 e. The molecule has 1 aromatic carbocycles. The molecule has 0 N–H and O–H groups in total. The van der Waals surface area contributed by atoms with Crippen LogP contribution in [0.1, 0.15) is 6.92 Å². The maximum absolute atomic E-state index is 11.8. The Morgan fingerprint density at radius 3 is 2.60 bits per heavy atom. The second-order valence-corrected chi connectivity index (χ2v) is 4.03. The van der Waals surface area contributed by atoms with E-state index in [2.05, 4.69) is 12.6 Å². The Balaban J connectivity index is 0.00000200. The third-order valence-corrected chi connectivity index (χ3v) is 2.79. The average Bonchev–Trinajstić information content (AvgIpc) is 2.45. The molecule has 2 rings (SSSR count). The molecule has 0 aliphatic rings. The van der Waals surface area contributed by atoms with Crippen LogP contribution in [0.3, 0.4) is 0 Å². The van der Waals surface area contributed by atoms with Crippen molar-refractivity contribution in [3.05, 3.63) is 65.5 Å². The number of pyridine rings is 1. The Hall–Kier alpha value is -1.19. The Morgan fingerprint density at radius 2 is 2.00 bits per heavy atom. The molecular weight excluding hydrogens is 327 g/mol. The number of aromatic nitrogens is 1. The SMILES string of the molecule is C=CCOc1ccc(-c2[c-]ccc(=O)n2CC)cc1.[Y]. The maximum Gasteiger partial charge on any atom is 0.194 e. The van der Waals surface area contributed by atoms with Crippen molar-refractivity contribution >= 4 is 0 Å². The topological polar surface area (TPSA) is 31.2 Å². The summed E-state index contributed by atoms with van der Waals surface area (Å²) in [4.78, 5) is 11.8. The van der Waals surface area contributed by atoms with Gasteiger partial charge in [0.05, 0.1) is 0 Å². The quantitative estimate of drug-likeness (QED) is 0.618. The zero-order chi connectivity index (χ0) is 13.7. The molecule has 101 valence electrons. The molecule has 0 amide bonds. The van der Waals surface area contributed by atoms with E-state index in [0.717, 1.165) is 17.0 Å². The van der Waals surface area contributed by atoms with Gasteiger partial charge in [0.1, 0.15) is 12.4 Å². The zero-order valence-electron chi connectivity index (χ0n) is 11.5. The van der Waals surface area contributed by atoms with Gasteiger partial charge in [0.2, 0.25) is 0 Å². The first-order valence-corrected chi connectivity index (χ1v) is 6.22. The fourth-order valence-corrected chi connectivity index (χ4v) is 1.89. The minimum absolute atomic E-state index is 0. The summed E-state index contributed by atoms with van der Waals surface area (Å²) in [6.07, 6.45) is 1.70. The molecule has 1 aromatic heterocycles. The Bertz CT molecular complexity index is 617. The molecule has 20 heavy (non-hydrogen) atoms. The van der Waals surface area contributed by atoms with E-state index in [0.29, 0.717) is 13.2 Å². The van der Waals surface area contributed by atoms with Crippen LogP contribution in [0.15, 0.2) is 53.8 Å². The molecule has 0 fully saturated rings. The number of nitrogens with zero attached hydrogens (tertiary/aromatic N) is 1. The molecule has 0 aliphatic carbocycles. The largest absolute Gasteiger partial charge is 0.490 e. The molecular formula is C16H16NO2Y-. The summed E-state index contributed by atoms with van der Waals surface area (Å²) in [5, 5.41) is 0. The molecule has 0 aliphatic heterocycles. The van der Waals surface area contributed by atoms with E-state index in [1.165, 1.54) is 6.07 Å². The van der Waals surface area contributed by atoms with Crippen molar-refractivity contribution in [2.75, 3.05) is 6.61 Å². The standard InChI is InChI=1S/C16H16NO2.Y/c1-3-12-19-14-10-8-13(9-11-14)15-6-5-7-16(18)17(15)4-2;/h3,5,7-11H,1,4,12H2,2H3;/q-1;. The average molecular weight is 343 g/mol. The van der Waals surface area contributed by atoms with Crippen LogP contribution in [-0.2, 0) is 39.3 Å². The first-order valence-electron chi connectivity index (χ1n) is 6.22. The normalized spacial score (nSPS) is 9.65. The molecule has 4 heteroatoms. The van der Waals surface area contributed by atoms with Crippen molar-refractivity contribution in [3.63, 3.8) is 0 Å². The van der Waals surface area contributed by atoms with Gasteiger partial charge in [-0.2, -0.15) is 12.1 Å². The minimum Gasteiger partial charge on any atom is -0.490 e. The molecule has 0 saturated heterocycles. The molecule has 1 heterocycles. The van der Waals surface area contributed by atoms with Crippen LogP contribution in [-0.4, -0.2) is 11.2 Å². The van der Waals surface area contributed by atoms with Crippen molar-refractivity contribution in [3.8, 4) is 17.0 Å². The van der Waals surface area contributed by atoms with Gasteiger partial charge in [-0.3, -0.25) is 4.79 Å². The number of ether oxygens (including phenoxy) is 1. The van der Waals surface area contributed by atoms with Crippen molar-refractivity contribution < 1.29 is 37.4 Å². The van der Waals surface area contributed by atoms with Gasteiger partial charge in [-0.05, 0) is 19.1 Å². The van der Waals surface area contributed by atoms with Crippen LogP contribution in [0.4, 0.5) is 0 Å². The fraction of sp³-hybridized carbons (Fsp3) is 0.188. The molecule has 2 aromatic rings. The summed E-state index contributed by atoms with van der Waals surface area (Å²) in [5.41, 5.74) is 1.74. The van der Waals surface area contributed by atoms with Crippen LogP contribution in [0.2, 0.25) is 0 Å². The van der Waals surface area contributed by atoms with Crippen LogP contribution >= 0.6 is 0 Å². The number of rotatable bonds is 5. The van der Waals surface area contributed by atoms with Crippen molar-refractivity contribution in [2.45, 2.75) is 13.5 Å². The first-order chi connectivity index (χ1) is 9.26. The van der Waals surface area contributed by atoms with Gasteiger partial charge in [-0.15, -0.1) is 12.1 Å². The predicted molar refractivity (Wildman–Crippen MR) is 76.3 cm³/mol. The van der Waals surface area contributed by atoms with Crippen molar-refractivity contribution in [2.24, 2.45) is 0 Å². The van der Waals surface area contributed by atoms with Gasteiger partial charge in [-0.1, -0.05) is 30.0 Å². The summed E-state index contributed by atoms with van der Waals surface area (Å²) >= 11 is 0. The summed E-state index contributed by atoms with van der Waals surface area (Å²) in [6, 6.07) is 13.9. The van der Waals surface area contributed by atoms with E-state index in [4.69, 9.17) is 4.74 Å². The molecule has 1 radical (unpaired) electrons. The number of benzene rings is 1. The minimum atomic E-state index is -0.0109. The van der Waals surface area contributed by atoms with Gasteiger partial charge in [-0.25, -0.2) is 0 Å². The molecule has 0 atom stereocenters.